The monoisotopic (exact) mass is 737 g/mol. The first-order valence-corrected chi connectivity index (χ1v) is 18.6. The molecule has 2 aromatic heterocycles. The van der Waals surface area contributed by atoms with Crippen LogP contribution in [0.15, 0.2) is 18.5 Å². The maximum atomic E-state index is 14.5. The number of nitrogens with zero attached hydrogens (tertiary/aromatic N) is 4. The van der Waals surface area contributed by atoms with Gasteiger partial charge in [0, 0.05) is 12.8 Å². The van der Waals surface area contributed by atoms with Crippen LogP contribution in [0.2, 0.25) is 0 Å². The highest BCUT2D eigenvalue weighted by Crippen LogP contribution is 2.48. The van der Waals surface area contributed by atoms with E-state index in [1.807, 2.05) is 19.9 Å². The van der Waals surface area contributed by atoms with Crippen molar-refractivity contribution in [3.8, 4) is 6.07 Å². The van der Waals surface area contributed by atoms with Gasteiger partial charge >= 0.3 is 31.5 Å². The lowest BCUT2D eigenvalue weighted by molar-refractivity contribution is -0.169. The second-order valence-corrected chi connectivity index (χ2v) is 13.8. The van der Waals surface area contributed by atoms with Crippen molar-refractivity contribution in [1.82, 2.24) is 24.8 Å². The number of unbranched alkanes of at least 4 members (excludes halogenated alkanes) is 2. The summed E-state index contributed by atoms with van der Waals surface area (Å²) in [6.45, 7) is 9.06. The molecule has 1 fully saturated rings. The Kier molecular flexibility index (Phi) is 15.3. The highest BCUT2D eigenvalue weighted by Gasteiger charge is 2.62. The second kappa shape index (κ2) is 18.9. The van der Waals surface area contributed by atoms with Crippen molar-refractivity contribution in [1.29, 1.82) is 5.26 Å². The van der Waals surface area contributed by atoms with Crippen molar-refractivity contribution in [3.05, 3.63) is 24.2 Å². The van der Waals surface area contributed by atoms with E-state index in [9.17, 15) is 29.0 Å². The predicted molar refractivity (Wildman–Crippen MR) is 180 cm³/mol. The molecule has 1 aliphatic rings. The number of rotatable bonds is 20. The Morgan fingerprint density at radius 2 is 1.57 bits per heavy atom. The van der Waals surface area contributed by atoms with Crippen molar-refractivity contribution < 1.29 is 52.0 Å². The quantitative estimate of drug-likeness (QED) is 0.0765. The summed E-state index contributed by atoms with van der Waals surface area (Å²) < 4.78 is 50.0. The summed E-state index contributed by atoms with van der Waals surface area (Å²) in [5.74, 6) is -2.83. The smallest absolute Gasteiger partial charge is 0.342 e. The average molecular weight is 738 g/mol. The summed E-state index contributed by atoms with van der Waals surface area (Å²) in [5, 5.41) is 20.1. The highest BCUT2D eigenvalue weighted by atomic mass is 31.2. The molecular formula is C32H48N7O11P. The molecule has 18 nitrogen and oxygen atoms in total. The number of nitrogens with one attached hydrogen (secondary N) is 2. The van der Waals surface area contributed by atoms with Crippen LogP contribution < -0.4 is 15.9 Å². The lowest BCUT2D eigenvalue weighted by Gasteiger charge is -2.31. The number of carbonyl (C=O) groups excluding carboxylic acids is 4. The first-order valence-electron chi connectivity index (χ1n) is 17.0. The molecule has 51 heavy (non-hydrogen) atoms. The van der Waals surface area contributed by atoms with Gasteiger partial charge in [0.05, 0.1) is 18.9 Å². The van der Waals surface area contributed by atoms with Crippen LogP contribution in [0, 0.1) is 11.3 Å². The lowest BCUT2D eigenvalue weighted by atomic mass is 9.95. The van der Waals surface area contributed by atoms with Gasteiger partial charge in [-0.25, -0.2) is 19.7 Å². The van der Waals surface area contributed by atoms with Crippen LogP contribution >= 0.6 is 7.67 Å². The van der Waals surface area contributed by atoms with E-state index in [-0.39, 0.29) is 37.6 Å². The number of nitrogen functional groups attached to an aromatic ring is 1. The minimum Gasteiger partial charge on any atom is -0.465 e. The van der Waals surface area contributed by atoms with Gasteiger partial charge in [-0.2, -0.15) is 10.4 Å². The Morgan fingerprint density at radius 3 is 2.10 bits per heavy atom. The maximum Gasteiger partial charge on any atom is 0.342 e. The van der Waals surface area contributed by atoms with Crippen LogP contribution in [0.3, 0.4) is 0 Å². The fourth-order valence-electron chi connectivity index (χ4n) is 4.98. The molecule has 1 aliphatic heterocycles. The number of fused-ring (bicyclic) bond motifs is 1. The largest absolute Gasteiger partial charge is 0.465 e. The van der Waals surface area contributed by atoms with Crippen LogP contribution in [-0.4, -0.2) is 88.2 Å². The summed E-state index contributed by atoms with van der Waals surface area (Å²) in [5.41, 5.74) is 4.39. The summed E-state index contributed by atoms with van der Waals surface area (Å²) in [4.78, 5) is 55.0. The molecule has 0 radical (unpaired) electrons. The van der Waals surface area contributed by atoms with Crippen LogP contribution in [0.1, 0.15) is 91.9 Å². The molecule has 0 aromatic carbocycles. The number of ether oxygens (including phenoxy) is 5. The second-order valence-electron chi connectivity index (χ2n) is 11.9. The highest BCUT2D eigenvalue weighted by molar-refractivity contribution is 7.54. The van der Waals surface area contributed by atoms with Crippen molar-refractivity contribution in [2.45, 2.75) is 116 Å². The molecule has 3 heterocycles. The standard InChI is InChI=1S/C32H48N7O11P/c1-7-11-15-45-30(42)20(5)37-51(44,38-21(6)31(43)46-16-12-8-2)47-18-32(17-33)28(49-25(41)10-4)27(48-24(40)9-3)26(50-32)22-13-14-23-29(34)35-19-36-39(22)23/h13-14,19-21,26-28H,7-12,15-16,18H2,1-6H3,(H2,34,35,36)(H2,37,38,44)/t20-,21-,26-,27-,28-,32+/m0/s1. The van der Waals surface area contributed by atoms with E-state index in [4.69, 9.17) is 33.9 Å². The van der Waals surface area contributed by atoms with Crippen molar-refractivity contribution in [2.75, 3.05) is 25.6 Å². The van der Waals surface area contributed by atoms with Gasteiger partial charge in [-0.05, 0) is 38.8 Å². The number of aromatic nitrogens is 3. The zero-order chi connectivity index (χ0) is 37.8. The number of nitriles is 1. The number of hydrogen-bond donors (Lipinski definition) is 3. The minimum atomic E-state index is -4.50. The van der Waals surface area contributed by atoms with Crippen LogP contribution in [0.5, 0.6) is 0 Å². The molecule has 1 saturated heterocycles. The summed E-state index contributed by atoms with van der Waals surface area (Å²) in [7, 11) is -4.50. The topological polar surface area (TPSA) is 245 Å². The molecule has 0 amide bonds. The zero-order valence-electron chi connectivity index (χ0n) is 29.8. The molecule has 19 heteroatoms. The number of anilines is 1. The van der Waals surface area contributed by atoms with E-state index in [0.717, 1.165) is 12.8 Å². The SMILES string of the molecule is CCCCOC(=O)[C@H](C)NP(=O)(N[C@@H](C)C(=O)OCCCC)OC[C@@]1(C#N)O[C@@H](c2ccc3c(N)ncnn23)[C@H](OC(=O)CC)[C@@H]1OC(=O)CC. The van der Waals surface area contributed by atoms with Gasteiger partial charge in [0.15, 0.2) is 18.0 Å². The van der Waals surface area contributed by atoms with E-state index in [0.29, 0.717) is 18.4 Å². The van der Waals surface area contributed by atoms with Crippen LogP contribution in [-0.2, 0) is 52.0 Å². The molecule has 0 unspecified atom stereocenters. The van der Waals surface area contributed by atoms with Crippen LogP contribution in [0.4, 0.5) is 5.82 Å². The number of carbonyl (C=O) groups is 4. The fourth-order valence-corrected chi connectivity index (χ4v) is 6.81. The summed E-state index contributed by atoms with van der Waals surface area (Å²) in [6, 6.07) is 2.70. The normalized spacial score (nSPS) is 21.4. The third kappa shape index (κ3) is 10.5. The van der Waals surface area contributed by atoms with E-state index in [1.54, 1.807) is 19.1 Å². The predicted octanol–water partition coefficient (Wildman–Crippen LogP) is 3.06. The molecule has 3 rings (SSSR count). The van der Waals surface area contributed by atoms with Crippen molar-refractivity contribution in [2.24, 2.45) is 0 Å². The third-order valence-corrected chi connectivity index (χ3v) is 9.82. The van der Waals surface area contributed by atoms with E-state index < -0.39 is 74.2 Å². The summed E-state index contributed by atoms with van der Waals surface area (Å²) in [6.07, 6.45) is -0.596. The number of hydrogen-bond acceptors (Lipinski definition) is 15. The van der Waals surface area contributed by atoms with E-state index in [2.05, 4.69) is 20.3 Å². The molecule has 0 bridgehead atoms. The first-order chi connectivity index (χ1) is 24.3. The third-order valence-electron chi connectivity index (χ3n) is 7.87. The molecule has 2 aromatic rings. The Balaban J connectivity index is 2.05. The van der Waals surface area contributed by atoms with Gasteiger partial charge in [0.2, 0.25) is 5.60 Å². The molecule has 0 saturated carbocycles. The Hall–Kier alpha value is -4.14. The van der Waals surface area contributed by atoms with Gasteiger partial charge in [-0.1, -0.05) is 40.5 Å². The van der Waals surface area contributed by atoms with Gasteiger partial charge in [0.25, 0.3) is 0 Å². The average Bonchev–Trinajstić information content (AvgIpc) is 3.67. The van der Waals surface area contributed by atoms with Crippen molar-refractivity contribution in [3.63, 3.8) is 0 Å². The maximum absolute atomic E-state index is 14.5. The molecular weight excluding hydrogens is 689 g/mol. The van der Waals surface area contributed by atoms with Crippen molar-refractivity contribution >= 4 is 42.9 Å². The Labute approximate surface area is 296 Å². The van der Waals surface area contributed by atoms with E-state index in [1.165, 1.54) is 31.6 Å². The van der Waals surface area contributed by atoms with E-state index >= 15 is 0 Å². The van der Waals surface area contributed by atoms with Gasteiger partial charge < -0.3 is 33.9 Å². The first kappa shape index (κ1) is 41.3. The zero-order valence-corrected chi connectivity index (χ0v) is 30.7. The number of nitrogens with two attached hydrogens (primary N) is 1. The van der Waals surface area contributed by atoms with Gasteiger partial charge in [0.1, 0.15) is 42.7 Å². The van der Waals surface area contributed by atoms with Gasteiger partial charge in [-0.15, -0.1) is 0 Å². The molecule has 282 valence electrons. The Morgan fingerprint density at radius 1 is 1.00 bits per heavy atom. The number of esters is 4. The summed E-state index contributed by atoms with van der Waals surface area (Å²) >= 11 is 0. The lowest BCUT2D eigenvalue weighted by Crippen LogP contribution is -2.50. The minimum absolute atomic E-state index is 0.0702. The van der Waals surface area contributed by atoms with Gasteiger partial charge in [-0.3, -0.25) is 23.7 Å². The fraction of sp³-hybridized carbons (Fsp3) is 0.656. The Bertz CT molecular complexity index is 1580. The molecule has 6 atom stereocenters. The molecule has 4 N–H and O–H groups in total. The molecule has 0 spiro atoms. The molecule has 0 aliphatic carbocycles. The van der Waals surface area contributed by atoms with Crippen LogP contribution in [0.25, 0.3) is 5.52 Å².